The predicted molar refractivity (Wildman–Crippen MR) is 201 cm³/mol. The van der Waals surface area contributed by atoms with Crippen molar-refractivity contribution in [2.24, 2.45) is 24.8 Å². The van der Waals surface area contributed by atoms with Crippen molar-refractivity contribution < 1.29 is 5.11 Å². The molecule has 0 amide bonds. The number of hydrogen-bond acceptors (Lipinski definition) is 4. The van der Waals surface area contributed by atoms with Crippen molar-refractivity contribution >= 4 is 35.2 Å². The number of halogens is 1. The van der Waals surface area contributed by atoms with Gasteiger partial charge in [0.1, 0.15) is 0 Å². The molecular weight excluding hydrogens is 608 g/mol. The van der Waals surface area contributed by atoms with Gasteiger partial charge in [-0.2, -0.15) is 0 Å². The second-order valence-electron chi connectivity index (χ2n) is 13.5. The summed E-state index contributed by atoms with van der Waals surface area (Å²) < 4.78 is 1.25. The van der Waals surface area contributed by atoms with Crippen LogP contribution in [0.25, 0.3) is 6.08 Å². The Morgan fingerprint density at radius 1 is 1.15 bits per heavy atom. The Balaban J connectivity index is 1.92. The quantitative estimate of drug-likeness (QED) is 0.0946. The molecule has 0 spiro atoms. The molecule has 0 aliphatic heterocycles. The van der Waals surface area contributed by atoms with Crippen molar-refractivity contribution in [3.63, 3.8) is 0 Å². The van der Waals surface area contributed by atoms with Gasteiger partial charge >= 0.3 is 4.87 Å². The van der Waals surface area contributed by atoms with E-state index in [1.54, 1.807) is 13.1 Å². The number of aromatic nitrogens is 1. The normalized spacial score (nSPS) is 17.3. The highest BCUT2D eigenvalue weighted by molar-refractivity contribution is 7.10. The fourth-order valence-electron chi connectivity index (χ4n) is 6.38. The summed E-state index contributed by atoms with van der Waals surface area (Å²) in [6, 6.07) is 8.28. The minimum atomic E-state index is -0.212. The minimum absolute atomic E-state index is 0.0497. The lowest BCUT2D eigenvalue weighted by Crippen LogP contribution is -2.14. The summed E-state index contributed by atoms with van der Waals surface area (Å²) in [6.45, 7) is 15.8. The maximum absolute atomic E-state index is 12.1. The Morgan fingerprint density at radius 3 is 2.43 bits per heavy atom. The third-order valence-electron chi connectivity index (χ3n) is 10.4. The summed E-state index contributed by atoms with van der Waals surface area (Å²) in [5, 5.41) is 19.5. The zero-order valence-corrected chi connectivity index (χ0v) is 31.1. The minimum Gasteiger partial charge on any atom is -0.493 e. The van der Waals surface area contributed by atoms with Gasteiger partial charge in [0.2, 0.25) is 5.88 Å². The first-order valence-corrected chi connectivity index (χ1v) is 18.5. The molecule has 1 heterocycles. The lowest BCUT2D eigenvalue weighted by molar-refractivity contribution is 0.428. The van der Waals surface area contributed by atoms with Gasteiger partial charge in [0.15, 0.2) is 0 Å². The smallest absolute Gasteiger partial charge is 0.310 e. The van der Waals surface area contributed by atoms with Crippen molar-refractivity contribution in [2.75, 3.05) is 0 Å². The van der Waals surface area contributed by atoms with Crippen LogP contribution >= 0.6 is 22.9 Å². The molecule has 1 fully saturated rings. The van der Waals surface area contributed by atoms with Crippen molar-refractivity contribution in [1.29, 1.82) is 5.41 Å². The van der Waals surface area contributed by atoms with E-state index in [0.717, 1.165) is 65.5 Å². The Bertz CT molecular complexity index is 1520. The van der Waals surface area contributed by atoms with Crippen LogP contribution in [0.1, 0.15) is 129 Å². The molecule has 6 heteroatoms. The van der Waals surface area contributed by atoms with Gasteiger partial charge in [0, 0.05) is 18.3 Å². The van der Waals surface area contributed by atoms with Gasteiger partial charge in [0.05, 0.1) is 4.88 Å². The summed E-state index contributed by atoms with van der Waals surface area (Å²) in [4.78, 5) is 12.4. The Labute approximate surface area is 287 Å². The topological polar surface area (TPSA) is 66.1 Å². The molecule has 1 aliphatic rings. The summed E-state index contributed by atoms with van der Waals surface area (Å²) in [5.41, 5.74) is 8.76. The summed E-state index contributed by atoms with van der Waals surface area (Å²) in [6.07, 6.45) is 17.7. The van der Waals surface area contributed by atoms with Gasteiger partial charge in [-0.05, 0) is 130 Å². The fraction of sp³-hybridized carbons (Fsp3) is 0.550. The van der Waals surface area contributed by atoms with Gasteiger partial charge in [-0.25, -0.2) is 0 Å². The van der Waals surface area contributed by atoms with Crippen LogP contribution < -0.4 is 4.87 Å². The number of aromatic hydroxyl groups is 1. The number of nitrogens with one attached hydrogen (secondary N) is 1. The summed E-state index contributed by atoms with van der Waals surface area (Å²) in [7, 11) is 1.57. The van der Waals surface area contributed by atoms with Gasteiger partial charge < -0.3 is 10.5 Å². The molecule has 2 aromatic rings. The van der Waals surface area contributed by atoms with Crippen molar-refractivity contribution in [1.82, 2.24) is 4.57 Å². The second kappa shape index (κ2) is 18.1. The van der Waals surface area contributed by atoms with Crippen molar-refractivity contribution in [2.45, 2.75) is 119 Å². The number of thiazole rings is 1. The standard InChI is InChI=1S/C40H57ClN2O2S/c1-9-26(3)34(15-12-11-14-27(4)33-16-13-17-36(41)22-33)23-37(32(10-2)21-20-31-18-19-31)30(7)28(5)29(6)35(25-42)24-38-39(44)43(8)40(45)46-38/h13,16-17,22-25,27,30-32,42,44H,9-12,14-15,18-21H2,1-8H3/b29-28?,34-26?,35-24-,37-23?,42-25?. The van der Waals surface area contributed by atoms with Crippen LogP contribution in [-0.2, 0) is 7.05 Å². The molecule has 1 aliphatic carbocycles. The second-order valence-corrected chi connectivity index (χ2v) is 14.9. The van der Waals surface area contributed by atoms with Gasteiger partial charge in [0.25, 0.3) is 0 Å². The molecule has 0 bridgehead atoms. The first-order valence-electron chi connectivity index (χ1n) is 17.4. The molecular formula is C40H57ClN2O2S. The molecule has 4 nitrogen and oxygen atoms in total. The zero-order valence-electron chi connectivity index (χ0n) is 29.5. The van der Waals surface area contributed by atoms with Gasteiger partial charge in [-0.3, -0.25) is 9.36 Å². The van der Waals surface area contributed by atoms with E-state index in [9.17, 15) is 9.90 Å². The average Bonchev–Trinajstić information content (AvgIpc) is 3.85. The molecule has 1 aromatic heterocycles. The predicted octanol–water partition coefficient (Wildman–Crippen LogP) is 12.0. The highest BCUT2D eigenvalue weighted by Gasteiger charge is 2.26. The van der Waals surface area contributed by atoms with E-state index in [2.05, 4.69) is 66.7 Å². The highest BCUT2D eigenvalue weighted by atomic mass is 35.5. The maximum atomic E-state index is 12.1. The van der Waals surface area contributed by atoms with Gasteiger partial charge in [-0.15, -0.1) is 0 Å². The summed E-state index contributed by atoms with van der Waals surface area (Å²) in [5.74, 6) is 2.05. The number of benzene rings is 1. The lowest BCUT2D eigenvalue weighted by Gasteiger charge is -2.28. The van der Waals surface area contributed by atoms with Crippen molar-refractivity contribution in [3.8, 4) is 5.88 Å². The van der Waals surface area contributed by atoms with E-state index in [1.807, 2.05) is 12.1 Å². The molecule has 1 aromatic carbocycles. The zero-order chi connectivity index (χ0) is 34.0. The van der Waals surface area contributed by atoms with Gasteiger partial charge in [-0.1, -0.05) is 105 Å². The largest absolute Gasteiger partial charge is 0.493 e. The highest BCUT2D eigenvalue weighted by Crippen LogP contribution is 2.40. The molecule has 1 saturated carbocycles. The monoisotopic (exact) mass is 664 g/mol. The number of rotatable bonds is 18. The van der Waals surface area contributed by atoms with E-state index < -0.39 is 0 Å². The van der Waals surface area contributed by atoms with Crippen LogP contribution in [0, 0.1) is 23.2 Å². The molecule has 3 atom stereocenters. The Morgan fingerprint density at radius 2 is 1.87 bits per heavy atom. The van der Waals surface area contributed by atoms with Crippen LogP contribution in [-0.4, -0.2) is 15.9 Å². The number of allylic oxidation sites excluding steroid dienone is 7. The number of unbranched alkanes of at least 4 members (excludes halogenated alkanes) is 1. The fourth-order valence-corrected chi connectivity index (χ4v) is 7.41. The SMILES string of the molecule is CCC(C)=C(C=C(C(CC)CCC1CC1)C(C)C(C)=C(C)/C(C=N)=C\c1sc(=O)n(C)c1O)CCCCC(C)c1cccc(Cl)c1. The van der Waals surface area contributed by atoms with Crippen LogP contribution in [0.3, 0.4) is 0 Å². The van der Waals surface area contributed by atoms with Crippen LogP contribution in [0.15, 0.2) is 68.6 Å². The van der Waals surface area contributed by atoms with Crippen LogP contribution in [0.5, 0.6) is 5.88 Å². The molecule has 252 valence electrons. The molecule has 0 radical (unpaired) electrons. The first-order chi connectivity index (χ1) is 21.9. The molecule has 3 rings (SSSR count). The number of nitrogens with zero attached hydrogens (tertiary/aromatic N) is 1. The third kappa shape index (κ3) is 10.4. The molecule has 46 heavy (non-hydrogen) atoms. The number of hydrogen-bond donors (Lipinski definition) is 2. The van der Waals surface area contributed by atoms with E-state index in [4.69, 9.17) is 17.0 Å². The third-order valence-corrected chi connectivity index (χ3v) is 11.6. The van der Waals surface area contributed by atoms with E-state index in [-0.39, 0.29) is 16.7 Å². The first kappa shape index (κ1) is 37.8. The average molecular weight is 665 g/mol. The Hall–Kier alpha value is -2.63. The van der Waals surface area contributed by atoms with E-state index >= 15 is 0 Å². The van der Waals surface area contributed by atoms with E-state index in [1.165, 1.54) is 70.7 Å². The molecule has 0 saturated heterocycles. The molecule has 2 N–H and O–H groups in total. The lowest BCUT2D eigenvalue weighted by atomic mass is 9.77. The summed E-state index contributed by atoms with van der Waals surface area (Å²) >= 11 is 7.27. The van der Waals surface area contributed by atoms with Crippen molar-refractivity contribution in [3.05, 3.63) is 88.9 Å². The Kier molecular flexibility index (Phi) is 14.8. The molecule has 3 unspecified atom stereocenters. The van der Waals surface area contributed by atoms with E-state index in [0.29, 0.717) is 16.7 Å². The van der Waals surface area contributed by atoms with Crippen LogP contribution in [0.4, 0.5) is 0 Å². The van der Waals surface area contributed by atoms with Crippen LogP contribution in [0.2, 0.25) is 5.02 Å². The maximum Gasteiger partial charge on any atom is 0.310 e.